The average molecular weight is 765 g/mol. The fourth-order valence-corrected chi connectivity index (χ4v) is 8.18. The molecule has 8 rings (SSSR count). The van der Waals surface area contributed by atoms with E-state index in [2.05, 4.69) is 40.1 Å². The van der Waals surface area contributed by atoms with Gasteiger partial charge < -0.3 is 24.0 Å². The predicted molar refractivity (Wildman–Crippen MR) is 222 cm³/mol. The van der Waals surface area contributed by atoms with Crippen molar-refractivity contribution in [1.29, 1.82) is 0 Å². The van der Waals surface area contributed by atoms with Crippen LogP contribution in [0.5, 0.6) is 11.5 Å². The van der Waals surface area contributed by atoms with E-state index in [1.54, 1.807) is 19.1 Å². The molecule has 292 valence electrons. The Hall–Kier alpha value is -6.20. The Morgan fingerprint density at radius 2 is 1.47 bits per heavy atom. The van der Waals surface area contributed by atoms with Crippen molar-refractivity contribution in [3.05, 3.63) is 126 Å². The van der Waals surface area contributed by atoms with Crippen molar-refractivity contribution in [1.82, 2.24) is 19.5 Å². The molecule has 2 aliphatic rings. The number of esters is 1. The van der Waals surface area contributed by atoms with Gasteiger partial charge in [-0.15, -0.1) is 0 Å². The predicted octanol–water partition coefficient (Wildman–Crippen LogP) is 7.55. The molecule has 0 spiro atoms. The first-order valence-electron chi connectivity index (χ1n) is 19.6. The highest BCUT2D eigenvalue weighted by atomic mass is 16.5. The number of fused-ring (bicyclic) bond motifs is 1. The molecule has 6 aromatic rings. The first kappa shape index (κ1) is 37.7. The van der Waals surface area contributed by atoms with Gasteiger partial charge in [0.25, 0.3) is 0 Å². The number of aryl methyl sites for hydroxylation is 2. The first-order chi connectivity index (χ1) is 27.8. The van der Waals surface area contributed by atoms with Gasteiger partial charge in [0, 0.05) is 62.0 Å². The maximum absolute atomic E-state index is 14.0. The van der Waals surface area contributed by atoms with Gasteiger partial charge in [0.1, 0.15) is 12.4 Å². The lowest BCUT2D eigenvalue weighted by Crippen LogP contribution is -2.48. The van der Waals surface area contributed by atoms with Crippen molar-refractivity contribution in [3.8, 4) is 33.9 Å². The van der Waals surface area contributed by atoms with Crippen molar-refractivity contribution in [2.75, 3.05) is 63.4 Å². The Morgan fingerprint density at radius 1 is 0.789 bits per heavy atom. The summed E-state index contributed by atoms with van der Waals surface area (Å²) >= 11 is 0. The maximum Gasteiger partial charge on any atom is 0.311 e. The fourth-order valence-electron chi connectivity index (χ4n) is 8.18. The third-order valence-electron chi connectivity index (χ3n) is 11.2. The van der Waals surface area contributed by atoms with Gasteiger partial charge >= 0.3 is 5.97 Å². The number of piperidine rings is 1. The SMILES string of the molecule is COc1ccc(C2C(C(=O)OCCN3CCN(c4cc(-c5ccccc5)nc5c(-c6ccccc6)c(C)nn45)CC3)CCC(=O)N2c2ccc(C)cc2)cc1OC. The van der Waals surface area contributed by atoms with Crippen molar-refractivity contribution in [3.63, 3.8) is 0 Å². The van der Waals surface area contributed by atoms with E-state index in [1.807, 2.05) is 97.2 Å². The molecule has 0 N–H and O–H groups in total. The van der Waals surface area contributed by atoms with Gasteiger partial charge in [0.15, 0.2) is 17.1 Å². The Morgan fingerprint density at radius 3 is 2.16 bits per heavy atom. The normalized spacial score (nSPS) is 17.5. The van der Waals surface area contributed by atoms with Crippen LogP contribution in [0.25, 0.3) is 28.0 Å². The zero-order chi connectivity index (χ0) is 39.5. The monoisotopic (exact) mass is 764 g/mol. The molecule has 0 aliphatic carbocycles. The molecule has 4 aromatic carbocycles. The van der Waals surface area contributed by atoms with E-state index in [1.165, 1.54) is 0 Å². The van der Waals surface area contributed by atoms with E-state index in [0.29, 0.717) is 24.5 Å². The van der Waals surface area contributed by atoms with Gasteiger partial charge in [-0.1, -0.05) is 84.4 Å². The summed E-state index contributed by atoms with van der Waals surface area (Å²) in [5.74, 6) is 1.20. The van der Waals surface area contributed by atoms with Gasteiger partial charge in [-0.3, -0.25) is 14.5 Å². The maximum atomic E-state index is 14.0. The van der Waals surface area contributed by atoms with Crippen LogP contribution in [0.1, 0.15) is 35.7 Å². The highest BCUT2D eigenvalue weighted by Crippen LogP contribution is 2.43. The van der Waals surface area contributed by atoms with E-state index in [-0.39, 0.29) is 24.9 Å². The van der Waals surface area contributed by atoms with Crippen LogP contribution < -0.4 is 19.3 Å². The average Bonchev–Trinajstić information content (AvgIpc) is 3.59. The minimum Gasteiger partial charge on any atom is -0.493 e. The number of carbonyl (C=O) groups excluding carboxylic acids is 2. The van der Waals surface area contributed by atoms with Gasteiger partial charge in [0.05, 0.1) is 37.6 Å². The number of carbonyl (C=O) groups is 2. The number of rotatable bonds is 11. The van der Waals surface area contributed by atoms with Crippen molar-refractivity contribution >= 4 is 29.0 Å². The second-order valence-electron chi connectivity index (χ2n) is 14.7. The second kappa shape index (κ2) is 16.5. The van der Waals surface area contributed by atoms with Crippen LogP contribution in [0, 0.1) is 19.8 Å². The summed E-state index contributed by atoms with van der Waals surface area (Å²) < 4.78 is 19.2. The van der Waals surface area contributed by atoms with Crippen molar-refractivity contribution < 1.29 is 23.8 Å². The van der Waals surface area contributed by atoms with Crippen LogP contribution in [0.15, 0.2) is 109 Å². The van der Waals surface area contributed by atoms with Crippen LogP contribution >= 0.6 is 0 Å². The first-order valence-corrected chi connectivity index (χ1v) is 19.6. The lowest BCUT2D eigenvalue weighted by Gasteiger charge is -2.40. The number of hydrogen-bond acceptors (Lipinski definition) is 9. The molecular formula is C46H48N6O5. The van der Waals surface area contributed by atoms with E-state index in [0.717, 1.165) is 82.5 Å². The molecule has 2 aromatic heterocycles. The molecular weight excluding hydrogens is 717 g/mol. The topological polar surface area (TPSA) is 102 Å². The molecule has 2 atom stereocenters. The Balaban J connectivity index is 0.978. The zero-order valence-electron chi connectivity index (χ0n) is 32.9. The third kappa shape index (κ3) is 7.67. The smallest absolute Gasteiger partial charge is 0.311 e. The molecule has 0 bridgehead atoms. The van der Waals surface area contributed by atoms with Crippen molar-refractivity contribution in [2.45, 2.75) is 32.7 Å². The summed E-state index contributed by atoms with van der Waals surface area (Å²) in [5, 5.41) is 5.01. The highest BCUT2D eigenvalue weighted by molar-refractivity contribution is 5.97. The van der Waals surface area contributed by atoms with Gasteiger partial charge in [-0.25, -0.2) is 4.98 Å². The Kier molecular flexibility index (Phi) is 10.9. The largest absolute Gasteiger partial charge is 0.493 e. The lowest BCUT2D eigenvalue weighted by molar-refractivity contribution is -0.151. The molecule has 2 aliphatic heterocycles. The zero-order valence-corrected chi connectivity index (χ0v) is 32.9. The number of piperazine rings is 1. The van der Waals surface area contributed by atoms with E-state index >= 15 is 0 Å². The van der Waals surface area contributed by atoms with E-state index < -0.39 is 12.0 Å². The van der Waals surface area contributed by atoms with Crippen LogP contribution in [0.2, 0.25) is 0 Å². The third-order valence-corrected chi connectivity index (χ3v) is 11.2. The minimum absolute atomic E-state index is 0.0375. The van der Waals surface area contributed by atoms with Crippen molar-refractivity contribution in [2.24, 2.45) is 5.92 Å². The number of benzene rings is 4. The summed E-state index contributed by atoms with van der Waals surface area (Å²) in [6, 6.07) is 35.6. The number of nitrogens with zero attached hydrogens (tertiary/aromatic N) is 6. The summed E-state index contributed by atoms with van der Waals surface area (Å²) in [5.41, 5.74) is 8.45. The molecule has 57 heavy (non-hydrogen) atoms. The molecule has 11 heteroatoms. The summed E-state index contributed by atoms with van der Waals surface area (Å²) in [6.07, 6.45) is 0.637. The van der Waals surface area contributed by atoms with Crippen LogP contribution in [0.3, 0.4) is 0 Å². The standard InChI is InChI=1S/C46H48N6O5/c1-31-15-18-36(19-16-31)51-42(53)22-20-37(44(51)35-17-21-39(55-3)40(29-35)56-4)46(54)57-28-27-49-23-25-50(26-24-49)41-30-38(33-11-7-5-8-12-33)47-45-43(32(2)48-52(41)45)34-13-9-6-10-14-34/h5-19,21,29-30,37,44H,20,22-28H2,1-4H3. The quantitative estimate of drug-likeness (QED) is 0.124. The lowest BCUT2D eigenvalue weighted by atomic mass is 9.83. The van der Waals surface area contributed by atoms with Gasteiger partial charge in [-0.05, 0) is 55.7 Å². The summed E-state index contributed by atoms with van der Waals surface area (Å²) in [6.45, 7) is 8.05. The number of hydrogen-bond donors (Lipinski definition) is 0. The molecule has 2 fully saturated rings. The number of anilines is 2. The number of ether oxygens (including phenoxy) is 3. The minimum atomic E-state index is -0.573. The van der Waals surface area contributed by atoms with Gasteiger partial charge in [0.2, 0.25) is 5.91 Å². The molecule has 0 saturated carbocycles. The summed E-state index contributed by atoms with van der Waals surface area (Å²) in [7, 11) is 3.17. The van der Waals surface area contributed by atoms with Gasteiger partial charge in [-0.2, -0.15) is 9.61 Å². The van der Waals surface area contributed by atoms with Crippen LogP contribution in [0.4, 0.5) is 11.5 Å². The van der Waals surface area contributed by atoms with Crippen LogP contribution in [-0.4, -0.2) is 84.9 Å². The highest BCUT2D eigenvalue weighted by Gasteiger charge is 2.43. The fraction of sp³-hybridized carbons (Fsp3) is 0.304. The number of aromatic nitrogens is 3. The molecule has 2 unspecified atom stereocenters. The molecule has 11 nitrogen and oxygen atoms in total. The van der Waals surface area contributed by atoms with E-state index in [4.69, 9.17) is 24.3 Å². The summed E-state index contributed by atoms with van der Waals surface area (Å²) in [4.78, 5) is 39.2. The second-order valence-corrected chi connectivity index (χ2v) is 14.7. The Labute approximate surface area is 333 Å². The molecule has 4 heterocycles. The van der Waals surface area contributed by atoms with E-state index in [9.17, 15) is 9.59 Å². The molecule has 1 amide bonds. The molecule has 2 saturated heterocycles. The number of amides is 1. The molecule has 0 radical (unpaired) electrons. The number of methoxy groups -OCH3 is 2. The van der Waals surface area contributed by atoms with Crippen LogP contribution in [-0.2, 0) is 14.3 Å². The Bertz CT molecular complexity index is 2360.